The van der Waals surface area contributed by atoms with E-state index < -0.39 is 0 Å². The smallest absolute Gasteiger partial charge is 0.145 e. The standard InChI is InChI=1S/C7H9N5S/c1-5-2-7(8)10-12(5)4-6-3-9-13-11-6/h2-3H,4H2,1H3,(H2,8,10). The molecule has 68 valence electrons. The number of nitrogens with zero attached hydrogens (tertiary/aromatic N) is 4. The van der Waals surface area contributed by atoms with Gasteiger partial charge in [-0.2, -0.15) is 13.8 Å². The molecule has 2 N–H and O–H groups in total. The van der Waals surface area contributed by atoms with Crippen molar-refractivity contribution >= 4 is 17.5 Å². The van der Waals surface area contributed by atoms with E-state index in [0.717, 1.165) is 11.4 Å². The Morgan fingerprint density at radius 3 is 3.00 bits per heavy atom. The van der Waals surface area contributed by atoms with E-state index in [-0.39, 0.29) is 0 Å². The van der Waals surface area contributed by atoms with Crippen LogP contribution in [0.1, 0.15) is 11.4 Å². The zero-order chi connectivity index (χ0) is 9.26. The molecule has 6 heteroatoms. The molecule has 0 unspecified atom stereocenters. The summed E-state index contributed by atoms with van der Waals surface area (Å²) >= 11 is 1.20. The number of aromatic nitrogens is 4. The van der Waals surface area contributed by atoms with Gasteiger partial charge in [0, 0.05) is 11.8 Å². The van der Waals surface area contributed by atoms with Crippen molar-refractivity contribution in [1.29, 1.82) is 0 Å². The fraction of sp³-hybridized carbons (Fsp3) is 0.286. The van der Waals surface area contributed by atoms with E-state index in [4.69, 9.17) is 5.73 Å². The lowest BCUT2D eigenvalue weighted by molar-refractivity contribution is 0.659. The largest absolute Gasteiger partial charge is 0.382 e. The highest BCUT2D eigenvalue weighted by molar-refractivity contribution is 6.99. The molecular formula is C7H9N5S. The van der Waals surface area contributed by atoms with Gasteiger partial charge >= 0.3 is 0 Å². The van der Waals surface area contributed by atoms with Crippen LogP contribution in [0.5, 0.6) is 0 Å². The third-order valence-corrected chi connectivity index (χ3v) is 2.23. The second-order valence-electron chi connectivity index (χ2n) is 2.77. The first-order valence-corrected chi connectivity index (χ1v) is 4.55. The lowest BCUT2D eigenvalue weighted by Gasteiger charge is -1.99. The van der Waals surface area contributed by atoms with Crippen LogP contribution >= 0.6 is 11.7 Å². The van der Waals surface area contributed by atoms with Crippen molar-refractivity contribution in [3.05, 3.63) is 23.7 Å². The number of nitrogen functional groups attached to an aromatic ring is 1. The Morgan fingerprint density at radius 2 is 2.46 bits per heavy atom. The molecule has 0 atom stereocenters. The highest BCUT2D eigenvalue weighted by Crippen LogP contribution is 2.06. The van der Waals surface area contributed by atoms with Crippen LogP contribution in [0.15, 0.2) is 12.3 Å². The third-order valence-electron chi connectivity index (χ3n) is 1.72. The first-order chi connectivity index (χ1) is 6.25. The average Bonchev–Trinajstić information content (AvgIpc) is 2.63. The third kappa shape index (κ3) is 1.67. The predicted octanol–water partition coefficient (Wildman–Crippen LogP) is 0.674. The first kappa shape index (κ1) is 8.18. The molecule has 2 aromatic rings. The van der Waals surface area contributed by atoms with Crippen LogP contribution in [0.2, 0.25) is 0 Å². The molecule has 13 heavy (non-hydrogen) atoms. The van der Waals surface area contributed by atoms with Gasteiger partial charge in [-0.3, -0.25) is 4.68 Å². The Labute approximate surface area is 79.5 Å². The second kappa shape index (κ2) is 3.14. The van der Waals surface area contributed by atoms with E-state index in [0.29, 0.717) is 12.4 Å². The number of rotatable bonds is 2. The van der Waals surface area contributed by atoms with Crippen LogP contribution in [0.25, 0.3) is 0 Å². The van der Waals surface area contributed by atoms with Crippen molar-refractivity contribution in [3.63, 3.8) is 0 Å². The fourth-order valence-electron chi connectivity index (χ4n) is 1.10. The number of hydrogen-bond donors (Lipinski definition) is 1. The lowest BCUT2D eigenvalue weighted by atomic mass is 10.4. The molecule has 0 saturated heterocycles. The maximum atomic E-state index is 5.54. The van der Waals surface area contributed by atoms with Crippen LogP contribution in [-0.2, 0) is 6.54 Å². The summed E-state index contributed by atoms with van der Waals surface area (Å²) in [6.07, 6.45) is 1.74. The van der Waals surface area contributed by atoms with Gasteiger partial charge in [0.15, 0.2) is 0 Å². The van der Waals surface area contributed by atoms with Gasteiger partial charge in [0.25, 0.3) is 0 Å². The monoisotopic (exact) mass is 195 g/mol. The van der Waals surface area contributed by atoms with Gasteiger partial charge in [-0.1, -0.05) is 0 Å². The topological polar surface area (TPSA) is 69.6 Å². The maximum Gasteiger partial charge on any atom is 0.145 e. The molecule has 0 spiro atoms. The van der Waals surface area contributed by atoms with Gasteiger partial charge in [-0.15, -0.1) is 0 Å². The van der Waals surface area contributed by atoms with E-state index in [2.05, 4.69) is 13.8 Å². The molecule has 0 aliphatic heterocycles. The van der Waals surface area contributed by atoms with Gasteiger partial charge in [0.1, 0.15) is 5.82 Å². The number of aryl methyl sites for hydroxylation is 1. The van der Waals surface area contributed by atoms with Gasteiger partial charge in [-0.25, -0.2) is 0 Å². The molecule has 0 fully saturated rings. The van der Waals surface area contributed by atoms with E-state index in [9.17, 15) is 0 Å². The summed E-state index contributed by atoms with van der Waals surface area (Å²) in [5.74, 6) is 0.542. The summed E-state index contributed by atoms with van der Waals surface area (Å²) in [7, 11) is 0. The number of anilines is 1. The van der Waals surface area contributed by atoms with E-state index in [1.807, 2.05) is 17.7 Å². The Morgan fingerprint density at radius 1 is 1.62 bits per heavy atom. The maximum absolute atomic E-state index is 5.54. The normalized spacial score (nSPS) is 10.5. The van der Waals surface area contributed by atoms with Crippen LogP contribution in [0.4, 0.5) is 5.82 Å². The van der Waals surface area contributed by atoms with Gasteiger partial charge in [0.05, 0.1) is 30.2 Å². The predicted molar refractivity (Wildman–Crippen MR) is 50.4 cm³/mol. The summed E-state index contributed by atoms with van der Waals surface area (Å²) in [5.41, 5.74) is 7.49. The van der Waals surface area contributed by atoms with Crippen molar-refractivity contribution in [3.8, 4) is 0 Å². The molecule has 0 aromatic carbocycles. The summed E-state index contributed by atoms with van der Waals surface area (Å²) < 4.78 is 9.82. The second-order valence-corrected chi connectivity index (χ2v) is 3.32. The molecule has 2 rings (SSSR count). The fourth-order valence-corrected chi connectivity index (χ4v) is 1.53. The van der Waals surface area contributed by atoms with Crippen LogP contribution < -0.4 is 5.73 Å². The average molecular weight is 195 g/mol. The quantitative estimate of drug-likeness (QED) is 0.764. The summed E-state index contributed by atoms with van der Waals surface area (Å²) in [6.45, 7) is 2.60. The van der Waals surface area contributed by atoms with Crippen molar-refractivity contribution in [2.24, 2.45) is 0 Å². The minimum Gasteiger partial charge on any atom is -0.382 e. The van der Waals surface area contributed by atoms with Crippen LogP contribution in [0, 0.1) is 6.92 Å². The molecule has 0 aliphatic rings. The Balaban J connectivity index is 2.23. The van der Waals surface area contributed by atoms with Gasteiger partial charge < -0.3 is 5.73 Å². The van der Waals surface area contributed by atoms with Crippen LogP contribution in [-0.4, -0.2) is 18.5 Å². The molecule has 0 amide bonds. The van der Waals surface area contributed by atoms with Crippen molar-refractivity contribution in [1.82, 2.24) is 18.5 Å². The van der Waals surface area contributed by atoms with Crippen molar-refractivity contribution in [2.45, 2.75) is 13.5 Å². The Bertz CT molecular complexity index is 391. The van der Waals surface area contributed by atoms with E-state index >= 15 is 0 Å². The zero-order valence-corrected chi connectivity index (χ0v) is 7.95. The zero-order valence-electron chi connectivity index (χ0n) is 7.14. The van der Waals surface area contributed by atoms with Crippen molar-refractivity contribution < 1.29 is 0 Å². The first-order valence-electron chi connectivity index (χ1n) is 3.82. The SMILES string of the molecule is Cc1cc(N)nn1Cc1cnsn1. The lowest BCUT2D eigenvalue weighted by Crippen LogP contribution is -2.04. The minimum atomic E-state index is 0.542. The van der Waals surface area contributed by atoms with E-state index in [1.165, 1.54) is 11.7 Å². The number of hydrogen-bond acceptors (Lipinski definition) is 5. The highest BCUT2D eigenvalue weighted by Gasteiger charge is 2.03. The molecule has 0 saturated carbocycles. The molecule has 0 radical (unpaired) electrons. The molecule has 0 aliphatic carbocycles. The Kier molecular flexibility index (Phi) is 1.97. The summed E-state index contributed by atoms with van der Waals surface area (Å²) in [4.78, 5) is 0. The van der Waals surface area contributed by atoms with Gasteiger partial charge in [0.2, 0.25) is 0 Å². The molecule has 0 bridgehead atoms. The van der Waals surface area contributed by atoms with Gasteiger partial charge in [-0.05, 0) is 6.92 Å². The summed E-state index contributed by atoms with van der Waals surface area (Å²) in [5, 5.41) is 4.12. The molecule has 2 heterocycles. The summed E-state index contributed by atoms with van der Waals surface area (Å²) in [6, 6.07) is 1.83. The highest BCUT2D eigenvalue weighted by atomic mass is 32.1. The van der Waals surface area contributed by atoms with E-state index in [1.54, 1.807) is 6.20 Å². The number of nitrogens with two attached hydrogens (primary N) is 1. The minimum absolute atomic E-state index is 0.542. The van der Waals surface area contributed by atoms with Crippen LogP contribution in [0.3, 0.4) is 0 Å². The molecule has 2 aromatic heterocycles. The molecular weight excluding hydrogens is 186 g/mol. The molecule has 5 nitrogen and oxygen atoms in total. The Hall–Kier alpha value is -1.43. The van der Waals surface area contributed by atoms with Crippen molar-refractivity contribution in [2.75, 3.05) is 5.73 Å².